The number of sulfonamides is 1. The number of halogens is 1. The summed E-state index contributed by atoms with van der Waals surface area (Å²) in [5, 5.41) is 5.12. The highest BCUT2D eigenvalue weighted by Crippen LogP contribution is 2.26. The Bertz CT molecular complexity index is 858. The van der Waals surface area contributed by atoms with E-state index in [0.29, 0.717) is 9.60 Å². The van der Waals surface area contributed by atoms with Gasteiger partial charge >= 0.3 is 0 Å². The number of rotatable bonds is 6. The highest BCUT2D eigenvalue weighted by Gasteiger charge is 2.19. The molecule has 25 heavy (non-hydrogen) atoms. The second kappa shape index (κ2) is 7.94. The van der Waals surface area contributed by atoms with E-state index in [-0.39, 0.29) is 29.2 Å². The number of thiazole rings is 1. The Balaban J connectivity index is 1.88. The number of carbonyl (C=O) groups is 1. The van der Waals surface area contributed by atoms with Gasteiger partial charge in [-0.05, 0) is 28.1 Å². The molecule has 2 rings (SSSR count). The summed E-state index contributed by atoms with van der Waals surface area (Å²) in [6, 6.07) is 6.52. The lowest BCUT2D eigenvalue weighted by Crippen LogP contribution is -2.28. The normalized spacial score (nSPS) is 12.2. The van der Waals surface area contributed by atoms with Crippen LogP contribution in [0, 0.1) is 0 Å². The van der Waals surface area contributed by atoms with Gasteiger partial charge in [-0.15, -0.1) is 11.3 Å². The number of amides is 1. The fourth-order valence-electron chi connectivity index (χ4n) is 1.90. The van der Waals surface area contributed by atoms with Crippen LogP contribution in [-0.4, -0.2) is 25.9 Å². The van der Waals surface area contributed by atoms with Gasteiger partial charge in [-0.1, -0.05) is 32.9 Å². The number of hydrogen-bond donors (Lipinski definition) is 2. The molecule has 0 aliphatic heterocycles. The van der Waals surface area contributed by atoms with Gasteiger partial charge in [0.05, 0.1) is 10.6 Å². The van der Waals surface area contributed by atoms with Gasteiger partial charge in [0.25, 0.3) is 0 Å². The first-order valence-electron chi connectivity index (χ1n) is 7.59. The minimum atomic E-state index is -3.66. The Morgan fingerprint density at radius 1 is 1.28 bits per heavy atom. The summed E-state index contributed by atoms with van der Waals surface area (Å²) < 4.78 is 27.3. The van der Waals surface area contributed by atoms with E-state index in [1.165, 1.54) is 17.4 Å². The number of anilines is 1. The Labute approximate surface area is 160 Å². The molecule has 1 aromatic carbocycles. The molecule has 1 heterocycles. The summed E-state index contributed by atoms with van der Waals surface area (Å²) >= 11 is 4.56. The lowest BCUT2D eigenvalue weighted by Gasteiger charge is -2.14. The van der Waals surface area contributed by atoms with Crippen molar-refractivity contribution in [3.8, 4) is 0 Å². The van der Waals surface area contributed by atoms with Crippen LogP contribution in [0.3, 0.4) is 0 Å². The fraction of sp³-hybridized carbons (Fsp3) is 0.375. The van der Waals surface area contributed by atoms with E-state index in [4.69, 9.17) is 0 Å². The Kier molecular flexibility index (Phi) is 6.36. The maximum atomic E-state index is 12.2. The van der Waals surface area contributed by atoms with Crippen molar-refractivity contribution in [1.82, 2.24) is 9.71 Å². The summed E-state index contributed by atoms with van der Waals surface area (Å²) in [7, 11) is -3.66. The maximum absolute atomic E-state index is 12.2. The minimum Gasteiger partial charge on any atom is -0.302 e. The van der Waals surface area contributed by atoms with Crippen molar-refractivity contribution in [1.29, 1.82) is 0 Å². The third-order valence-corrected chi connectivity index (χ3v) is 6.52. The molecule has 1 aromatic heterocycles. The molecule has 0 radical (unpaired) electrons. The predicted molar refractivity (Wildman–Crippen MR) is 103 cm³/mol. The van der Waals surface area contributed by atoms with Gasteiger partial charge in [0, 0.05) is 28.2 Å². The van der Waals surface area contributed by atoms with Crippen LogP contribution in [0.1, 0.15) is 32.9 Å². The number of nitrogens with one attached hydrogen (secondary N) is 2. The lowest BCUT2D eigenvalue weighted by atomic mass is 9.93. The first-order valence-corrected chi connectivity index (χ1v) is 10.8. The molecule has 0 aliphatic carbocycles. The van der Waals surface area contributed by atoms with Crippen LogP contribution in [0.5, 0.6) is 0 Å². The van der Waals surface area contributed by atoms with Gasteiger partial charge in [-0.25, -0.2) is 18.1 Å². The Hall–Kier alpha value is -1.29. The van der Waals surface area contributed by atoms with Crippen LogP contribution in [0.4, 0.5) is 5.13 Å². The van der Waals surface area contributed by atoms with Gasteiger partial charge in [0.2, 0.25) is 15.9 Å². The lowest BCUT2D eigenvalue weighted by molar-refractivity contribution is -0.116. The average molecular weight is 446 g/mol. The van der Waals surface area contributed by atoms with Crippen molar-refractivity contribution in [3.63, 3.8) is 0 Å². The van der Waals surface area contributed by atoms with Gasteiger partial charge < -0.3 is 5.32 Å². The largest absolute Gasteiger partial charge is 0.302 e. The number of nitrogens with zero attached hydrogens (tertiary/aromatic N) is 1. The number of aromatic nitrogens is 1. The van der Waals surface area contributed by atoms with E-state index in [0.717, 1.165) is 5.69 Å². The van der Waals surface area contributed by atoms with E-state index in [9.17, 15) is 13.2 Å². The second-order valence-corrected chi connectivity index (χ2v) is 9.86. The topological polar surface area (TPSA) is 88.2 Å². The monoisotopic (exact) mass is 445 g/mol. The molecule has 2 N–H and O–H groups in total. The van der Waals surface area contributed by atoms with Crippen molar-refractivity contribution in [2.75, 3.05) is 11.9 Å². The van der Waals surface area contributed by atoms with Crippen molar-refractivity contribution in [2.24, 2.45) is 0 Å². The van der Waals surface area contributed by atoms with Crippen LogP contribution in [0.15, 0.2) is 39.0 Å². The molecule has 2 aromatic rings. The van der Waals surface area contributed by atoms with Crippen LogP contribution in [0.25, 0.3) is 0 Å². The SMILES string of the molecule is CC(C)(C)c1csc(NC(=O)CCNS(=O)(=O)c2ccccc2Br)n1. The van der Waals surface area contributed by atoms with E-state index < -0.39 is 10.0 Å². The van der Waals surface area contributed by atoms with Crippen LogP contribution < -0.4 is 10.0 Å². The van der Waals surface area contributed by atoms with Crippen molar-refractivity contribution < 1.29 is 13.2 Å². The highest BCUT2D eigenvalue weighted by atomic mass is 79.9. The molecule has 0 unspecified atom stereocenters. The molecule has 0 saturated heterocycles. The van der Waals surface area contributed by atoms with Crippen LogP contribution >= 0.6 is 27.3 Å². The Morgan fingerprint density at radius 2 is 1.96 bits per heavy atom. The standard InChI is InChI=1S/C16H20BrN3O3S2/c1-16(2,3)13-10-24-15(19-13)20-14(21)8-9-18-25(22,23)12-7-5-4-6-11(12)17/h4-7,10,18H,8-9H2,1-3H3,(H,19,20,21). The van der Waals surface area contributed by atoms with Gasteiger partial charge in [0.1, 0.15) is 0 Å². The molecule has 0 spiro atoms. The molecule has 9 heteroatoms. The predicted octanol–water partition coefficient (Wildman–Crippen LogP) is 3.51. The number of carbonyl (C=O) groups excluding carboxylic acids is 1. The molecule has 6 nitrogen and oxygen atoms in total. The average Bonchev–Trinajstić information content (AvgIpc) is 2.96. The molecule has 0 bridgehead atoms. The quantitative estimate of drug-likeness (QED) is 0.711. The summed E-state index contributed by atoms with van der Waals surface area (Å²) in [6.45, 7) is 6.14. The molecule has 0 saturated carbocycles. The molecule has 136 valence electrons. The van der Waals surface area contributed by atoms with Crippen LogP contribution in [-0.2, 0) is 20.2 Å². The van der Waals surface area contributed by atoms with E-state index in [1.807, 2.05) is 26.2 Å². The van der Waals surface area contributed by atoms with Crippen molar-refractivity contribution in [2.45, 2.75) is 37.5 Å². The molecule has 0 fully saturated rings. The highest BCUT2D eigenvalue weighted by molar-refractivity contribution is 9.10. The van der Waals surface area contributed by atoms with E-state index >= 15 is 0 Å². The van der Waals surface area contributed by atoms with Gasteiger partial charge in [-0.3, -0.25) is 4.79 Å². The fourth-order valence-corrected chi connectivity index (χ4v) is 4.88. The summed E-state index contributed by atoms with van der Waals surface area (Å²) in [6.07, 6.45) is 0.0219. The maximum Gasteiger partial charge on any atom is 0.241 e. The third kappa shape index (κ3) is 5.60. The summed E-state index contributed by atoms with van der Waals surface area (Å²) in [5.41, 5.74) is 0.820. The van der Waals surface area contributed by atoms with Gasteiger partial charge in [0.15, 0.2) is 5.13 Å². The molecule has 0 atom stereocenters. The van der Waals surface area contributed by atoms with Crippen molar-refractivity contribution >= 4 is 48.3 Å². The number of hydrogen-bond acceptors (Lipinski definition) is 5. The molecule has 0 aliphatic rings. The van der Waals surface area contributed by atoms with Crippen LogP contribution in [0.2, 0.25) is 0 Å². The van der Waals surface area contributed by atoms with E-state index in [1.54, 1.807) is 18.2 Å². The van der Waals surface area contributed by atoms with Gasteiger partial charge in [-0.2, -0.15) is 0 Å². The Morgan fingerprint density at radius 3 is 2.56 bits per heavy atom. The molecular formula is C16H20BrN3O3S2. The first-order chi connectivity index (χ1) is 11.6. The minimum absolute atomic E-state index is 0.00695. The van der Waals surface area contributed by atoms with E-state index in [2.05, 4.69) is 31.0 Å². The molecular weight excluding hydrogens is 426 g/mol. The smallest absolute Gasteiger partial charge is 0.241 e. The summed E-state index contributed by atoms with van der Waals surface area (Å²) in [4.78, 5) is 16.5. The molecule has 1 amide bonds. The summed E-state index contributed by atoms with van der Waals surface area (Å²) in [5.74, 6) is -0.287. The zero-order valence-electron chi connectivity index (χ0n) is 14.2. The zero-order chi connectivity index (χ0) is 18.7. The van der Waals surface area contributed by atoms with Crippen molar-refractivity contribution in [3.05, 3.63) is 39.8 Å². The second-order valence-electron chi connectivity index (χ2n) is 6.41. The first kappa shape index (κ1) is 20.0. The number of benzene rings is 1. The zero-order valence-corrected chi connectivity index (χ0v) is 17.4. The third-order valence-electron chi connectivity index (χ3n) is 3.29.